The van der Waals surface area contributed by atoms with E-state index < -0.39 is 5.91 Å². The lowest BCUT2D eigenvalue weighted by molar-refractivity contribution is -0.136. The second-order valence-corrected chi connectivity index (χ2v) is 8.11. The molecule has 1 aromatic heterocycles. The lowest BCUT2D eigenvalue weighted by Gasteiger charge is -2.32. The number of rotatable bonds is 5. The number of fused-ring (bicyclic) bond motifs is 1. The van der Waals surface area contributed by atoms with Crippen molar-refractivity contribution >= 4 is 28.5 Å². The molecule has 31 heavy (non-hydrogen) atoms. The van der Waals surface area contributed by atoms with E-state index in [4.69, 9.17) is 0 Å². The molecule has 1 atom stereocenters. The van der Waals surface area contributed by atoms with Crippen molar-refractivity contribution < 1.29 is 14.4 Å². The Balaban J connectivity index is 1.73. The molecule has 1 unspecified atom stereocenters. The molecule has 166 valence electrons. The molecular weight excluding hydrogens is 398 g/mol. The molecule has 0 aliphatic carbocycles. The van der Waals surface area contributed by atoms with Gasteiger partial charge in [0, 0.05) is 24.9 Å². The minimum atomic E-state index is -0.603. The van der Waals surface area contributed by atoms with Gasteiger partial charge in [-0.1, -0.05) is 25.1 Å². The van der Waals surface area contributed by atoms with Gasteiger partial charge in [-0.25, -0.2) is 4.68 Å². The highest BCUT2D eigenvalue weighted by atomic mass is 16.2. The summed E-state index contributed by atoms with van der Waals surface area (Å²) in [6.07, 6.45) is 2.63. The minimum absolute atomic E-state index is 0.0515. The van der Waals surface area contributed by atoms with Crippen LogP contribution < -0.4 is 16.4 Å². The Morgan fingerprint density at radius 2 is 1.87 bits per heavy atom. The molecule has 1 aromatic carbocycles. The Labute approximate surface area is 180 Å². The maximum absolute atomic E-state index is 12.8. The summed E-state index contributed by atoms with van der Waals surface area (Å²) < 4.78 is 1.26. The zero-order valence-corrected chi connectivity index (χ0v) is 18.2. The number of nitrogens with one attached hydrogen (secondary N) is 2. The molecule has 2 N–H and O–H groups in total. The number of carbonyl (C=O) groups is 3. The highest BCUT2D eigenvalue weighted by Crippen LogP contribution is 2.18. The van der Waals surface area contributed by atoms with Crippen LogP contribution >= 0.6 is 0 Å². The summed E-state index contributed by atoms with van der Waals surface area (Å²) in [6.45, 7) is 6.56. The van der Waals surface area contributed by atoms with Crippen LogP contribution in [0.1, 0.15) is 63.0 Å². The second-order valence-electron chi connectivity index (χ2n) is 8.11. The van der Waals surface area contributed by atoms with Crippen molar-refractivity contribution in [2.24, 2.45) is 5.92 Å². The van der Waals surface area contributed by atoms with Crippen LogP contribution in [0.2, 0.25) is 0 Å². The van der Waals surface area contributed by atoms with Crippen molar-refractivity contribution in [1.29, 1.82) is 0 Å². The number of hydrazine groups is 1. The first-order chi connectivity index (χ1) is 14.8. The molecule has 9 heteroatoms. The van der Waals surface area contributed by atoms with E-state index in [1.165, 1.54) is 4.68 Å². The molecule has 0 saturated carbocycles. The van der Waals surface area contributed by atoms with Gasteiger partial charge in [0.25, 0.3) is 11.5 Å². The van der Waals surface area contributed by atoms with Gasteiger partial charge in [0.15, 0.2) is 5.69 Å². The fourth-order valence-electron chi connectivity index (χ4n) is 3.79. The topological polar surface area (TPSA) is 113 Å². The van der Waals surface area contributed by atoms with E-state index in [0.717, 1.165) is 12.8 Å². The van der Waals surface area contributed by atoms with E-state index in [-0.39, 0.29) is 35.0 Å². The predicted molar refractivity (Wildman–Crippen MR) is 116 cm³/mol. The number of likely N-dealkylation sites (tertiary alicyclic amines) is 1. The van der Waals surface area contributed by atoms with Crippen LogP contribution in [-0.2, 0) is 9.59 Å². The minimum Gasteiger partial charge on any atom is -0.342 e. The molecule has 0 spiro atoms. The van der Waals surface area contributed by atoms with Crippen LogP contribution in [0.25, 0.3) is 10.8 Å². The summed E-state index contributed by atoms with van der Waals surface area (Å²) in [4.78, 5) is 51.9. The van der Waals surface area contributed by atoms with Crippen LogP contribution in [-0.4, -0.2) is 45.5 Å². The average Bonchev–Trinajstić information content (AvgIpc) is 2.77. The monoisotopic (exact) mass is 427 g/mol. The average molecular weight is 428 g/mol. The van der Waals surface area contributed by atoms with Gasteiger partial charge in [-0.3, -0.25) is 30.0 Å². The van der Waals surface area contributed by atoms with Gasteiger partial charge in [-0.05, 0) is 39.2 Å². The molecule has 2 heterocycles. The third-order valence-electron chi connectivity index (χ3n) is 5.44. The number of hydrogen-bond acceptors (Lipinski definition) is 5. The van der Waals surface area contributed by atoms with E-state index in [2.05, 4.69) is 16.0 Å². The summed E-state index contributed by atoms with van der Waals surface area (Å²) in [5.74, 6) is -1.28. The fourth-order valence-corrected chi connectivity index (χ4v) is 3.79. The molecule has 1 fully saturated rings. The van der Waals surface area contributed by atoms with E-state index in [9.17, 15) is 19.2 Å². The number of aromatic nitrogens is 2. The summed E-state index contributed by atoms with van der Waals surface area (Å²) in [7, 11) is 0. The molecule has 1 aliphatic rings. The Kier molecular flexibility index (Phi) is 7.04. The lowest BCUT2D eigenvalue weighted by atomic mass is 9.97. The summed E-state index contributed by atoms with van der Waals surface area (Å²) >= 11 is 0. The smallest absolute Gasteiger partial charge is 0.290 e. The van der Waals surface area contributed by atoms with Crippen molar-refractivity contribution in [3.8, 4) is 0 Å². The van der Waals surface area contributed by atoms with Crippen molar-refractivity contribution in [1.82, 2.24) is 25.5 Å². The molecule has 1 saturated heterocycles. The standard InChI is InChI=1S/C22H29N5O4/c1-4-8-18(28)26-12-7-9-15(13-26)20(29)23-24-21(30)19-16-10-5-6-11-17(16)22(31)27(25-19)14(2)3/h5-6,10-11,14-15H,4,7-9,12-13H2,1-3H3,(H,23,29)(H,24,30). The first-order valence-corrected chi connectivity index (χ1v) is 10.7. The summed E-state index contributed by atoms with van der Waals surface area (Å²) in [5.41, 5.74) is 4.68. The predicted octanol–water partition coefficient (Wildman–Crippen LogP) is 1.78. The van der Waals surface area contributed by atoms with Gasteiger partial charge < -0.3 is 4.90 Å². The Bertz CT molecular complexity index is 1050. The van der Waals surface area contributed by atoms with Crippen molar-refractivity contribution in [3.63, 3.8) is 0 Å². The molecule has 9 nitrogen and oxygen atoms in total. The molecule has 1 aliphatic heterocycles. The summed E-state index contributed by atoms with van der Waals surface area (Å²) in [6, 6.07) is 6.53. The molecular formula is C22H29N5O4. The third kappa shape index (κ3) is 4.92. The first-order valence-electron chi connectivity index (χ1n) is 10.7. The number of piperidine rings is 1. The van der Waals surface area contributed by atoms with E-state index in [1.807, 2.05) is 6.92 Å². The Morgan fingerprint density at radius 3 is 2.55 bits per heavy atom. The number of amides is 3. The van der Waals surface area contributed by atoms with Crippen LogP contribution in [0.3, 0.4) is 0 Å². The van der Waals surface area contributed by atoms with Crippen molar-refractivity contribution in [3.05, 3.63) is 40.3 Å². The molecule has 3 amide bonds. The highest BCUT2D eigenvalue weighted by molar-refractivity contribution is 6.05. The Hall–Kier alpha value is -3.23. The number of benzene rings is 1. The van der Waals surface area contributed by atoms with Gasteiger partial charge >= 0.3 is 0 Å². The maximum Gasteiger partial charge on any atom is 0.290 e. The number of nitrogens with zero attached hydrogens (tertiary/aromatic N) is 3. The van der Waals surface area contributed by atoms with Crippen molar-refractivity contribution in [2.45, 2.75) is 52.5 Å². The van der Waals surface area contributed by atoms with Crippen LogP contribution in [0, 0.1) is 5.92 Å². The first kappa shape index (κ1) is 22.5. The van der Waals surface area contributed by atoms with Gasteiger partial charge in [-0.2, -0.15) is 5.10 Å². The highest BCUT2D eigenvalue weighted by Gasteiger charge is 2.28. The van der Waals surface area contributed by atoms with Crippen molar-refractivity contribution in [2.75, 3.05) is 13.1 Å². The summed E-state index contributed by atoms with van der Waals surface area (Å²) in [5, 5.41) is 5.04. The third-order valence-corrected chi connectivity index (χ3v) is 5.44. The largest absolute Gasteiger partial charge is 0.342 e. The quantitative estimate of drug-likeness (QED) is 0.706. The molecule has 0 radical (unpaired) electrons. The lowest BCUT2D eigenvalue weighted by Crippen LogP contribution is -2.50. The number of carbonyl (C=O) groups excluding carboxylic acids is 3. The molecule has 2 aromatic rings. The number of hydrogen-bond donors (Lipinski definition) is 2. The second kappa shape index (κ2) is 9.72. The normalized spacial score (nSPS) is 16.4. The van der Waals surface area contributed by atoms with Gasteiger partial charge in [0.2, 0.25) is 11.8 Å². The van der Waals surface area contributed by atoms with Crippen LogP contribution in [0.15, 0.2) is 29.1 Å². The van der Waals surface area contributed by atoms with E-state index in [1.54, 1.807) is 43.0 Å². The Morgan fingerprint density at radius 1 is 1.16 bits per heavy atom. The van der Waals surface area contributed by atoms with Gasteiger partial charge in [0.05, 0.1) is 17.3 Å². The van der Waals surface area contributed by atoms with E-state index >= 15 is 0 Å². The van der Waals surface area contributed by atoms with Crippen LogP contribution in [0.4, 0.5) is 0 Å². The zero-order chi connectivity index (χ0) is 22.5. The van der Waals surface area contributed by atoms with E-state index in [0.29, 0.717) is 36.7 Å². The van der Waals surface area contributed by atoms with Crippen LogP contribution in [0.5, 0.6) is 0 Å². The maximum atomic E-state index is 12.8. The SMILES string of the molecule is CCCC(=O)N1CCCC(C(=O)NNC(=O)c2nn(C(C)C)c(=O)c3ccccc23)C1. The zero-order valence-electron chi connectivity index (χ0n) is 18.2. The van der Waals surface area contributed by atoms with Gasteiger partial charge in [-0.15, -0.1) is 0 Å². The molecule has 3 rings (SSSR count). The molecule has 0 bridgehead atoms. The fraction of sp³-hybridized carbons (Fsp3) is 0.500. The van der Waals surface area contributed by atoms with Gasteiger partial charge in [0.1, 0.15) is 0 Å².